The Hall–Kier alpha value is -1.31. The molecule has 18 heavy (non-hydrogen) atoms. The van der Waals surface area contributed by atoms with Gasteiger partial charge in [0.1, 0.15) is 5.84 Å². The van der Waals surface area contributed by atoms with Crippen LogP contribution >= 0.6 is 0 Å². The van der Waals surface area contributed by atoms with Crippen molar-refractivity contribution in [2.75, 3.05) is 14.1 Å². The number of aliphatic imine (C=N–C) groups is 1. The molecular weight excluding hydrogens is 220 g/mol. The van der Waals surface area contributed by atoms with Gasteiger partial charge in [0.25, 0.3) is 0 Å². The quantitative estimate of drug-likeness (QED) is 0.678. The van der Waals surface area contributed by atoms with Crippen molar-refractivity contribution in [3.8, 4) is 0 Å². The van der Waals surface area contributed by atoms with Crippen molar-refractivity contribution < 1.29 is 0 Å². The van der Waals surface area contributed by atoms with Crippen LogP contribution in [0.1, 0.15) is 40.2 Å². The predicted molar refractivity (Wildman–Crippen MR) is 77.0 cm³/mol. The highest BCUT2D eigenvalue weighted by Gasteiger charge is 2.48. The Balaban J connectivity index is 2.29. The molecule has 1 aliphatic heterocycles. The predicted octanol–water partition coefficient (Wildman–Crippen LogP) is 3.63. The molecule has 1 saturated carbocycles. The van der Waals surface area contributed by atoms with Crippen molar-refractivity contribution >= 4 is 11.5 Å². The molecule has 0 aromatic heterocycles. The third-order valence-corrected chi connectivity index (χ3v) is 4.88. The van der Waals surface area contributed by atoms with Crippen molar-refractivity contribution in [2.45, 2.75) is 40.0 Å². The number of rotatable bonds is 0. The zero-order valence-corrected chi connectivity index (χ0v) is 12.3. The van der Waals surface area contributed by atoms with Crippen LogP contribution in [-0.4, -0.2) is 24.8 Å². The van der Waals surface area contributed by atoms with E-state index in [1.807, 2.05) is 0 Å². The van der Waals surface area contributed by atoms with Gasteiger partial charge < -0.3 is 4.90 Å². The van der Waals surface area contributed by atoms with E-state index in [0.717, 1.165) is 5.92 Å². The first-order valence-corrected chi connectivity index (χ1v) is 6.79. The lowest BCUT2D eigenvalue weighted by Crippen LogP contribution is -2.26. The first kappa shape index (κ1) is 11.8. The average molecular weight is 242 g/mol. The van der Waals surface area contributed by atoms with Gasteiger partial charge in [0.15, 0.2) is 0 Å². The van der Waals surface area contributed by atoms with E-state index in [9.17, 15) is 0 Å². The summed E-state index contributed by atoms with van der Waals surface area (Å²) in [5.74, 6) is 2.68. The van der Waals surface area contributed by atoms with E-state index in [0.29, 0.717) is 5.92 Å². The van der Waals surface area contributed by atoms with Crippen LogP contribution in [-0.2, 0) is 0 Å². The maximum Gasteiger partial charge on any atom is 0.108 e. The van der Waals surface area contributed by atoms with Gasteiger partial charge in [0.05, 0.1) is 5.69 Å². The minimum atomic E-state index is 0.674. The minimum Gasteiger partial charge on any atom is -0.366 e. The van der Waals surface area contributed by atoms with E-state index in [1.165, 1.54) is 45.8 Å². The van der Waals surface area contributed by atoms with Gasteiger partial charge in [-0.15, -0.1) is 0 Å². The van der Waals surface area contributed by atoms with Crippen molar-refractivity contribution in [1.29, 1.82) is 0 Å². The van der Waals surface area contributed by atoms with E-state index in [1.54, 1.807) is 0 Å². The Bertz CT molecular complexity index is 567. The number of amidine groups is 1. The molecule has 1 aromatic rings. The number of nitrogens with zero attached hydrogens (tertiary/aromatic N) is 2. The molecule has 0 radical (unpaired) electrons. The number of hydrogen-bond donors (Lipinski definition) is 0. The molecule has 2 aliphatic rings. The summed E-state index contributed by atoms with van der Waals surface area (Å²) in [6.07, 6.45) is 1.28. The zero-order valence-electron chi connectivity index (χ0n) is 12.3. The first-order chi connectivity index (χ1) is 8.43. The van der Waals surface area contributed by atoms with Gasteiger partial charge >= 0.3 is 0 Å². The molecule has 2 heteroatoms. The Morgan fingerprint density at radius 1 is 0.889 bits per heavy atom. The summed E-state index contributed by atoms with van der Waals surface area (Å²) in [5.41, 5.74) is 8.51. The number of benzene rings is 1. The standard InChI is InChI=1S/C16H22N2/c1-8-9(2)11(4)15-14(10(8)3)12-7-13(12)16(17-15)18(5)6/h12-13H,7H2,1-6H3. The smallest absolute Gasteiger partial charge is 0.108 e. The van der Waals surface area contributed by atoms with E-state index in [4.69, 9.17) is 4.99 Å². The van der Waals surface area contributed by atoms with E-state index < -0.39 is 0 Å². The van der Waals surface area contributed by atoms with E-state index >= 15 is 0 Å². The largest absolute Gasteiger partial charge is 0.366 e. The van der Waals surface area contributed by atoms with Crippen molar-refractivity contribution in [2.24, 2.45) is 10.9 Å². The number of hydrogen-bond acceptors (Lipinski definition) is 2. The van der Waals surface area contributed by atoms with Crippen LogP contribution in [0.2, 0.25) is 0 Å². The summed E-state index contributed by atoms with van der Waals surface area (Å²) in [7, 11) is 4.23. The van der Waals surface area contributed by atoms with Crippen LogP contribution in [0.5, 0.6) is 0 Å². The van der Waals surface area contributed by atoms with Gasteiger partial charge in [-0.2, -0.15) is 0 Å². The summed E-state index contributed by atoms with van der Waals surface area (Å²) in [4.78, 5) is 7.16. The molecule has 1 fully saturated rings. The maximum atomic E-state index is 4.97. The minimum absolute atomic E-state index is 0.674. The van der Waals surface area contributed by atoms with Crippen LogP contribution in [0.25, 0.3) is 0 Å². The van der Waals surface area contributed by atoms with Crippen LogP contribution in [0, 0.1) is 33.6 Å². The molecule has 2 atom stereocenters. The SMILES string of the molecule is Cc1c(C)c(C)c2c(c1C)N=C(N(C)C)C1CC21. The lowest BCUT2D eigenvalue weighted by Gasteiger charge is -2.25. The van der Waals surface area contributed by atoms with Crippen LogP contribution in [0.3, 0.4) is 0 Å². The molecule has 0 N–H and O–H groups in total. The molecule has 1 heterocycles. The third-order valence-electron chi connectivity index (χ3n) is 4.88. The topological polar surface area (TPSA) is 15.6 Å². The maximum absolute atomic E-state index is 4.97. The molecular formula is C16H22N2. The van der Waals surface area contributed by atoms with Gasteiger partial charge in [0.2, 0.25) is 0 Å². The summed E-state index contributed by atoms with van der Waals surface area (Å²) in [5, 5.41) is 0. The molecule has 2 nitrogen and oxygen atoms in total. The Morgan fingerprint density at radius 3 is 2.11 bits per heavy atom. The zero-order chi connectivity index (χ0) is 13.2. The Kier molecular flexibility index (Phi) is 2.35. The molecule has 2 unspecified atom stereocenters. The van der Waals surface area contributed by atoms with Crippen molar-refractivity contribution in [1.82, 2.24) is 4.90 Å². The van der Waals surface area contributed by atoms with Gasteiger partial charge in [-0.3, -0.25) is 0 Å². The normalized spacial score (nSPS) is 24.2. The van der Waals surface area contributed by atoms with Gasteiger partial charge in [-0.1, -0.05) is 0 Å². The Morgan fingerprint density at radius 2 is 1.50 bits per heavy atom. The highest BCUT2D eigenvalue weighted by atomic mass is 15.2. The lowest BCUT2D eigenvalue weighted by molar-refractivity contribution is 0.593. The highest BCUT2D eigenvalue weighted by Crippen LogP contribution is 2.57. The number of fused-ring (bicyclic) bond motifs is 3. The summed E-state index contributed by atoms with van der Waals surface area (Å²) >= 11 is 0. The van der Waals surface area contributed by atoms with Crippen molar-refractivity contribution in [3.05, 3.63) is 27.8 Å². The molecule has 3 rings (SSSR count). The van der Waals surface area contributed by atoms with Gasteiger partial charge in [-0.25, -0.2) is 4.99 Å². The lowest BCUT2D eigenvalue weighted by atomic mass is 9.88. The second-order valence-corrected chi connectivity index (χ2v) is 6.08. The molecule has 0 spiro atoms. The molecule has 96 valence electrons. The summed E-state index contributed by atoms with van der Waals surface area (Å²) in [6.45, 7) is 8.97. The molecule has 0 bridgehead atoms. The van der Waals surface area contributed by atoms with Crippen LogP contribution < -0.4 is 0 Å². The fourth-order valence-corrected chi connectivity index (χ4v) is 3.35. The average Bonchev–Trinajstić information content (AvgIpc) is 3.11. The van der Waals surface area contributed by atoms with E-state index in [2.05, 4.69) is 46.7 Å². The van der Waals surface area contributed by atoms with Gasteiger partial charge in [-0.05, 0) is 67.9 Å². The monoisotopic (exact) mass is 242 g/mol. The van der Waals surface area contributed by atoms with Crippen LogP contribution in [0.4, 0.5) is 5.69 Å². The van der Waals surface area contributed by atoms with Crippen LogP contribution in [0.15, 0.2) is 4.99 Å². The molecule has 1 aromatic carbocycles. The highest BCUT2D eigenvalue weighted by molar-refractivity contribution is 5.94. The Labute approximate surface area is 110 Å². The molecule has 1 aliphatic carbocycles. The fraction of sp³-hybridized carbons (Fsp3) is 0.562. The first-order valence-electron chi connectivity index (χ1n) is 6.79. The third kappa shape index (κ3) is 1.38. The fourth-order valence-electron chi connectivity index (χ4n) is 3.35. The molecule has 0 saturated heterocycles. The summed E-state index contributed by atoms with van der Waals surface area (Å²) in [6, 6.07) is 0. The van der Waals surface area contributed by atoms with Crippen molar-refractivity contribution in [3.63, 3.8) is 0 Å². The van der Waals surface area contributed by atoms with E-state index in [-0.39, 0.29) is 0 Å². The second kappa shape index (κ2) is 3.59. The second-order valence-electron chi connectivity index (χ2n) is 6.08. The molecule has 0 amide bonds. The van der Waals surface area contributed by atoms with Gasteiger partial charge in [0, 0.05) is 20.0 Å². The summed E-state index contributed by atoms with van der Waals surface area (Å²) < 4.78 is 0.